The van der Waals surface area contributed by atoms with Gasteiger partial charge in [0, 0.05) is 18.5 Å². The average molecular weight is 972 g/mol. The van der Waals surface area contributed by atoms with Crippen LogP contribution >= 0.6 is 22.8 Å². The van der Waals surface area contributed by atoms with Crippen molar-refractivity contribution in [2.24, 2.45) is 0 Å². The molecule has 13 heteroatoms. The zero-order valence-corrected chi connectivity index (χ0v) is 44.9. The Morgan fingerprint density at radius 1 is 0.262 bits per heavy atom. The topological polar surface area (TPSA) is 148 Å². The minimum atomic E-state index is -3.56. The van der Waals surface area contributed by atoms with Crippen molar-refractivity contribution in [2.45, 2.75) is 273 Å². The van der Waals surface area contributed by atoms with Gasteiger partial charge in [0.25, 0.3) is 0 Å². The Kier molecular flexibility index (Phi) is 60.2. The van der Waals surface area contributed by atoms with E-state index in [1.807, 2.05) is 0 Å². The summed E-state index contributed by atoms with van der Waals surface area (Å²) in [6.07, 6.45) is 41.2. The molecule has 0 fully saturated rings. The Bertz CT molecular complexity index is 858. The van der Waals surface area contributed by atoms with Gasteiger partial charge < -0.3 is 41.9 Å². The van der Waals surface area contributed by atoms with E-state index >= 15 is 0 Å². The summed E-state index contributed by atoms with van der Waals surface area (Å²) < 4.78 is 50.2. The van der Waals surface area contributed by atoms with Crippen molar-refractivity contribution in [3.8, 4) is 0 Å². The summed E-state index contributed by atoms with van der Waals surface area (Å²) >= 11 is 0. The molecular formula is C48H102FeO9P3. The molecule has 0 heterocycles. The molecule has 1 radical (unpaired) electrons. The van der Waals surface area contributed by atoms with Gasteiger partial charge in [0.15, 0.2) is 0 Å². The van der Waals surface area contributed by atoms with Gasteiger partial charge in [-0.05, 0) is 38.5 Å². The second-order valence-corrected chi connectivity index (χ2v) is 22.9. The minimum absolute atomic E-state index is 0. The van der Waals surface area contributed by atoms with E-state index in [1.165, 1.54) is 135 Å². The van der Waals surface area contributed by atoms with Crippen molar-refractivity contribution in [2.75, 3.05) is 38.3 Å². The van der Waals surface area contributed by atoms with E-state index < -0.39 is 22.8 Å². The summed E-state index contributed by atoms with van der Waals surface area (Å²) in [6.45, 7) is 14.3. The summed E-state index contributed by atoms with van der Waals surface area (Å²) in [5.41, 5.74) is 0. The van der Waals surface area contributed by atoms with Crippen LogP contribution in [0.15, 0.2) is 0 Å². The maximum absolute atomic E-state index is 11.7. The zero-order chi connectivity index (χ0) is 45.3. The predicted octanol–water partition coefficient (Wildman–Crippen LogP) is 15.8. The van der Waals surface area contributed by atoms with Crippen LogP contribution in [-0.2, 0) is 44.3 Å². The summed E-state index contributed by atoms with van der Waals surface area (Å²) in [5.74, 6) is 0. The molecule has 0 aromatic rings. The monoisotopic (exact) mass is 972 g/mol. The number of rotatable bonds is 45. The minimum Gasteiger partial charge on any atom is -0.778 e. The third-order valence-electron chi connectivity index (χ3n) is 10.7. The van der Waals surface area contributed by atoms with Gasteiger partial charge in [-0.25, -0.2) is 0 Å². The molecule has 0 saturated heterocycles. The molecule has 0 aromatic carbocycles. The van der Waals surface area contributed by atoms with Crippen molar-refractivity contribution in [3.05, 3.63) is 0 Å². The molecular weight excluding hydrogens is 869 g/mol. The molecule has 0 amide bonds. The van der Waals surface area contributed by atoms with E-state index in [-0.39, 0.29) is 35.6 Å². The van der Waals surface area contributed by atoms with Crippen LogP contribution in [0.5, 0.6) is 0 Å². The van der Waals surface area contributed by atoms with Crippen molar-refractivity contribution < 1.29 is 59.0 Å². The van der Waals surface area contributed by atoms with Crippen LogP contribution in [0.3, 0.4) is 0 Å². The molecule has 371 valence electrons. The molecule has 0 saturated carbocycles. The molecule has 0 N–H and O–H groups in total. The third-order valence-corrected chi connectivity index (χ3v) is 15.0. The van der Waals surface area contributed by atoms with E-state index in [0.717, 1.165) is 96.3 Å². The molecule has 0 aromatic heterocycles. The summed E-state index contributed by atoms with van der Waals surface area (Å²) in [4.78, 5) is 35.0. The Morgan fingerprint density at radius 2 is 0.410 bits per heavy atom. The Labute approximate surface area is 391 Å². The van der Waals surface area contributed by atoms with Gasteiger partial charge in [-0.1, -0.05) is 234 Å². The standard InChI is InChI=1S/3C16H35O3P.Fe/c3*1-3-5-7-9-11-13-15-19-20(17,18)16-14-12-10-8-6-4-2;/h3*3-16H2,1-2H3,(H,17,18);/q;;;+3/p-3. The van der Waals surface area contributed by atoms with Gasteiger partial charge in [-0.2, -0.15) is 0 Å². The van der Waals surface area contributed by atoms with Crippen LogP contribution in [0.25, 0.3) is 0 Å². The molecule has 3 atom stereocenters. The SMILES string of the molecule is CCCCCCCCOP(=O)([O-])CCCCCCCC.CCCCCCCCOP(=O)([O-])CCCCCCCC.CCCCCCCCOP(=O)([O-])CCCCCCCC.[Fe+3]. The van der Waals surface area contributed by atoms with Crippen LogP contribution < -0.4 is 14.7 Å². The molecule has 0 spiro atoms. The van der Waals surface area contributed by atoms with Crippen molar-refractivity contribution >= 4 is 22.8 Å². The second-order valence-electron chi connectivity index (χ2n) is 17.1. The van der Waals surface area contributed by atoms with Gasteiger partial charge in [0.1, 0.15) is 22.8 Å². The first kappa shape index (κ1) is 68.5. The van der Waals surface area contributed by atoms with Crippen molar-refractivity contribution in [3.63, 3.8) is 0 Å². The first-order valence-electron chi connectivity index (χ1n) is 25.7. The van der Waals surface area contributed by atoms with E-state index in [0.29, 0.717) is 19.8 Å². The maximum atomic E-state index is 11.7. The van der Waals surface area contributed by atoms with Crippen LogP contribution in [0, 0.1) is 0 Å². The molecule has 0 aliphatic rings. The number of hydrogen-bond donors (Lipinski definition) is 0. The van der Waals surface area contributed by atoms with E-state index in [1.54, 1.807) is 0 Å². The number of unbranched alkanes of at least 4 members (excludes halogenated alkanes) is 30. The maximum Gasteiger partial charge on any atom is 3.00 e. The first-order valence-corrected chi connectivity index (χ1v) is 30.9. The third kappa shape index (κ3) is 63.1. The second kappa shape index (κ2) is 53.6. The van der Waals surface area contributed by atoms with Crippen molar-refractivity contribution in [1.82, 2.24) is 0 Å². The number of hydrogen-bond acceptors (Lipinski definition) is 9. The van der Waals surface area contributed by atoms with Crippen molar-refractivity contribution in [1.29, 1.82) is 0 Å². The predicted molar refractivity (Wildman–Crippen MR) is 256 cm³/mol. The molecule has 0 aliphatic carbocycles. The van der Waals surface area contributed by atoms with Gasteiger partial charge in [0.05, 0.1) is 19.8 Å². The average Bonchev–Trinajstić information content (AvgIpc) is 3.21. The van der Waals surface area contributed by atoms with Gasteiger partial charge in [0.2, 0.25) is 0 Å². The van der Waals surface area contributed by atoms with E-state index in [2.05, 4.69) is 41.5 Å². The van der Waals surface area contributed by atoms with E-state index in [9.17, 15) is 28.4 Å². The molecule has 61 heavy (non-hydrogen) atoms. The fourth-order valence-electron chi connectivity index (χ4n) is 6.71. The van der Waals surface area contributed by atoms with Gasteiger partial charge in [-0.15, -0.1) is 0 Å². The summed E-state index contributed by atoms with van der Waals surface area (Å²) in [7, 11) is -10.7. The largest absolute Gasteiger partial charge is 3.00 e. The normalized spacial score (nSPS) is 14.1. The molecule has 3 unspecified atom stereocenters. The molecule has 0 rings (SSSR count). The molecule has 0 aliphatic heterocycles. The Morgan fingerprint density at radius 3 is 0.590 bits per heavy atom. The van der Waals surface area contributed by atoms with Gasteiger partial charge in [-0.3, -0.25) is 0 Å². The zero-order valence-electron chi connectivity index (χ0n) is 41.1. The molecule has 9 nitrogen and oxygen atoms in total. The first-order chi connectivity index (χ1) is 28.9. The van der Waals surface area contributed by atoms with Crippen LogP contribution in [-0.4, -0.2) is 38.3 Å². The van der Waals surface area contributed by atoms with Crippen LogP contribution in [0.2, 0.25) is 0 Å². The fraction of sp³-hybridized carbons (Fsp3) is 1.00. The van der Waals surface area contributed by atoms with Crippen LogP contribution in [0.1, 0.15) is 273 Å². The Hall–Kier alpha value is 0.969. The van der Waals surface area contributed by atoms with Gasteiger partial charge >= 0.3 is 17.1 Å². The molecule has 0 bridgehead atoms. The van der Waals surface area contributed by atoms with Crippen LogP contribution in [0.4, 0.5) is 0 Å². The fourth-order valence-corrected chi connectivity index (χ4v) is 10.2. The summed E-state index contributed by atoms with van der Waals surface area (Å²) in [6, 6.07) is 0. The Balaban J connectivity index is -0.000000396. The van der Waals surface area contributed by atoms with E-state index in [4.69, 9.17) is 13.6 Å². The summed E-state index contributed by atoms with van der Waals surface area (Å²) in [5, 5.41) is 0. The quantitative estimate of drug-likeness (QED) is 0.0330. The smallest absolute Gasteiger partial charge is 0.778 e.